The predicted octanol–water partition coefficient (Wildman–Crippen LogP) is 2.49. The molecule has 1 aromatic heterocycles. The van der Waals surface area contributed by atoms with Gasteiger partial charge in [0.25, 0.3) is 5.56 Å². The predicted molar refractivity (Wildman–Crippen MR) is 66.5 cm³/mol. The van der Waals surface area contributed by atoms with Crippen molar-refractivity contribution in [1.82, 2.24) is 10.2 Å². The van der Waals surface area contributed by atoms with Crippen LogP contribution in [0.5, 0.6) is 5.75 Å². The van der Waals surface area contributed by atoms with E-state index in [2.05, 4.69) is 10.2 Å². The zero-order valence-corrected chi connectivity index (χ0v) is 9.99. The molecule has 17 heavy (non-hydrogen) atoms. The maximum absolute atomic E-state index is 11.0. The van der Waals surface area contributed by atoms with Crippen LogP contribution in [-0.2, 0) is 0 Å². The Kier molecular flexibility index (Phi) is 3.44. The molecular weight excluding hydrogens is 240 g/mol. The second-order valence-corrected chi connectivity index (χ2v) is 3.79. The van der Waals surface area contributed by atoms with Crippen molar-refractivity contribution in [3.63, 3.8) is 0 Å². The molecule has 0 spiro atoms. The summed E-state index contributed by atoms with van der Waals surface area (Å²) in [6, 6.07) is 8.67. The summed E-state index contributed by atoms with van der Waals surface area (Å²) in [4.78, 5) is 11.0. The SMILES string of the molecule is CCOc1ccc(-c2n[nH]c(=O)cc2Cl)cc1. The monoisotopic (exact) mass is 250 g/mol. The number of hydrogen-bond acceptors (Lipinski definition) is 3. The molecule has 0 atom stereocenters. The highest BCUT2D eigenvalue weighted by Crippen LogP contribution is 2.25. The molecule has 5 heteroatoms. The highest BCUT2D eigenvalue weighted by Gasteiger charge is 2.06. The van der Waals surface area contributed by atoms with Crippen LogP contribution in [0.4, 0.5) is 0 Å². The van der Waals surface area contributed by atoms with E-state index in [1.165, 1.54) is 6.07 Å². The Bertz CT molecular complexity index is 563. The fraction of sp³-hybridized carbons (Fsp3) is 0.167. The van der Waals surface area contributed by atoms with Gasteiger partial charge in [-0.15, -0.1) is 0 Å². The Morgan fingerprint density at radius 2 is 2.06 bits per heavy atom. The van der Waals surface area contributed by atoms with Gasteiger partial charge in [0.05, 0.1) is 11.6 Å². The third-order valence-electron chi connectivity index (χ3n) is 2.20. The Balaban J connectivity index is 2.36. The van der Waals surface area contributed by atoms with Crippen molar-refractivity contribution >= 4 is 11.6 Å². The molecule has 1 aromatic carbocycles. The Morgan fingerprint density at radius 3 is 2.65 bits per heavy atom. The maximum Gasteiger partial charge on any atom is 0.265 e. The highest BCUT2D eigenvalue weighted by molar-refractivity contribution is 6.32. The van der Waals surface area contributed by atoms with E-state index in [0.29, 0.717) is 17.3 Å². The molecule has 0 aliphatic rings. The molecule has 0 aliphatic carbocycles. The molecular formula is C12H11ClN2O2. The summed E-state index contributed by atoms with van der Waals surface area (Å²) in [5.74, 6) is 0.789. The Hall–Kier alpha value is -1.81. The molecule has 2 rings (SSSR count). The summed E-state index contributed by atoms with van der Waals surface area (Å²) in [5.41, 5.74) is 1.06. The second-order valence-electron chi connectivity index (χ2n) is 3.39. The first kappa shape index (κ1) is 11.7. The van der Waals surface area contributed by atoms with Crippen LogP contribution >= 0.6 is 11.6 Å². The molecule has 0 amide bonds. The van der Waals surface area contributed by atoms with Gasteiger partial charge in [-0.2, -0.15) is 5.10 Å². The smallest absolute Gasteiger partial charge is 0.265 e. The van der Waals surface area contributed by atoms with Gasteiger partial charge in [0.1, 0.15) is 11.4 Å². The van der Waals surface area contributed by atoms with Gasteiger partial charge in [-0.05, 0) is 31.2 Å². The number of hydrogen-bond donors (Lipinski definition) is 1. The van der Waals surface area contributed by atoms with Gasteiger partial charge in [0.2, 0.25) is 0 Å². The molecule has 4 nitrogen and oxygen atoms in total. The third-order valence-corrected chi connectivity index (χ3v) is 2.49. The standard InChI is InChI=1S/C12H11ClN2O2/c1-2-17-9-5-3-8(4-6-9)12-10(13)7-11(16)14-15-12/h3-7H,2H2,1H3,(H,14,16). The first-order valence-electron chi connectivity index (χ1n) is 5.19. The van der Waals surface area contributed by atoms with Crippen molar-refractivity contribution in [2.45, 2.75) is 6.92 Å². The van der Waals surface area contributed by atoms with Crippen LogP contribution in [0.3, 0.4) is 0 Å². The third kappa shape index (κ3) is 2.65. The number of rotatable bonds is 3. The van der Waals surface area contributed by atoms with Crippen molar-refractivity contribution < 1.29 is 4.74 Å². The number of aromatic nitrogens is 2. The van der Waals surface area contributed by atoms with Gasteiger partial charge in [-0.25, -0.2) is 5.10 Å². The minimum Gasteiger partial charge on any atom is -0.494 e. The van der Waals surface area contributed by atoms with Crippen LogP contribution in [0.15, 0.2) is 35.1 Å². The number of benzene rings is 1. The second kappa shape index (κ2) is 5.01. The summed E-state index contributed by atoms with van der Waals surface area (Å²) in [7, 11) is 0. The summed E-state index contributed by atoms with van der Waals surface area (Å²) in [6.07, 6.45) is 0. The lowest BCUT2D eigenvalue weighted by atomic mass is 10.1. The lowest BCUT2D eigenvalue weighted by Crippen LogP contribution is -2.06. The lowest BCUT2D eigenvalue weighted by Gasteiger charge is -2.05. The van der Waals surface area contributed by atoms with Crippen LogP contribution in [0.2, 0.25) is 5.02 Å². The van der Waals surface area contributed by atoms with Gasteiger partial charge >= 0.3 is 0 Å². The van der Waals surface area contributed by atoms with E-state index in [9.17, 15) is 4.79 Å². The minimum absolute atomic E-state index is 0.315. The number of H-pyrrole nitrogens is 1. The van der Waals surface area contributed by atoms with Crippen LogP contribution in [-0.4, -0.2) is 16.8 Å². The van der Waals surface area contributed by atoms with Crippen molar-refractivity contribution in [2.24, 2.45) is 0 Å². The molecule has 0 saturated heterocycles. The van der Waals surface area contributed by atoms with E-state index in [-0.39, 0.29) is 5.56 Å². The normalized spacial score (nSPS) is 10.2. The molecule has 0 bridgehead atoms. The van der Waals surface area contributed by atoms with Gasteiger partial charge in [0, 0.05) is 11.6 Å². The fourth-order valence-corrected chi connectivity index (χ4v) is 1.71. The quantitative estimate of drug-likeness (QED) is 0.911. The van der Waals surface area contributed by atoms with E-state index in [1.54, 1.807) is 0 Å². The fourth-order valence-electron chi connectivity index (χ4n) is 1.46. The summed E-state index contributed by atoms with van der Waals surface area (Å²) in [5, 5.41) is 6.60. The lowest BCUT2D eigenvalue weighted by molar-refractivity contribution is 0.340. The van der Waals surface area contributed by atoms with E-state index >= 15 is 0 Å². The van der Waals surface area contributed by atoms with Crippen LogP contribution in [0, 0.1) is 0 Å². The van der Waals surface area contributed by atoms with Gasteiger partial charge in [-0.1, -0.05) is 11.6 Å². The summed E-state index contributed by atoms with van der Waals surface area (Å²) < 4.78 is 5.33. The molecule has 1 N–H and O–H groups in total. The van der Waals surface area contributed by atoms with Crippen LogP contribution < -0.4 is 10.3 Å². The first-order valence-corrected chi connectivity index (χ1v) is 5.57. The van der Waals surface area contributed by atoms with Crippen molar-refractivity contribution in [3.8, 4) is 17.0 Å². The van der Waals surface area contributed by atoms with Gasteiger partial charge in [-0.3, -0.25) is 4.79 Å². The average Bonchev–Trinajstić information content (AvgIpc) is 2.31. The molecule has 0 unspecified atom stereocenters. The van der Waals surface area contributed by atoms with E-state index < -0.39 is 0 Å². The minimum atomic E-state index is -0.315. The zero-order valence-electron chi connectivity index (χ0n) is 9.24. The van der Waals surface area contributed by atoms with Crippen LogP contribution in [0.25, 0.3) is 11.3 Å². The molecule has 0 fully saturated rings. The largest absolute Gasteiger partial charge is 0.494 e. The van der Waals surface area contributed by atoms with Crippen LogP contribution in [0.1, 0.15) is 6.92 Å². The molecule has 88 valence electrons. The molecule has 1 heterocycles. The average molecular weight is 251 g/mol. The maximum atomic E-state index is 11.0. The Morgan fingerprint density at radius 1 is 1.35 bits per heavy atom. The molecule has 2 aromatic rings. The molecule has 0 radical (unpaired) electrons. The first-order chi connectivity index (χ1) is 8.20. The molecule has 0 saturated carbocycles. The molecule has 0 aliphatic heterocycles. The Labute approximate surface area is 103 Å². The topological polar surface area (TPSA) is 55.0 Å². The number of nitrogens with one attached hydrogen (secondary N) is 1. The zero-order chi connectivity index (χ0) is 12.3. The van der Waals surface area contributed by atoms with E-state index in [1.807, 2.05) is 31.2 Å². The number of aromatic amines is 1. The van der Waals surface area contributed by atoms with Gasteiger partial charge in [0.15, 0.2) is 0 Å². The van der Waals surface area contributed by atoms with Gasteiger partial charge < -0.3 is 4.74 Å². The summed E-state index contributed by atoms with van der Waals surface area (Å²) in [6.45, 7) is 2.55. The van der Waals surface area contributed by atoms with Crippen molar-refractivity contribution in [2.75, 3.05) is 6.61 Å². The van der Waals surface area contributed by atoms with Crippen molar-refractivity contribution in [3.05, 3.63) is 45.7 Å². The van der Waals surface area contributed by atoms with E-state index in [0.717, 1.165) is 11.3 Å². The van der Waals surface area contributed by atoms with Crippen molar-refractivity contribution in [1.29, 1.82) is 0 Å². The van der Waals surface area contributed by atoms with E-state index in [4.69, 9.17) is 16.3 Å². The highest BCUT2D eigenvalue weighted by atomic mass is 35.5. The number of halogens is 1. The number of nitrogens with zero attached hydrogens (tertiary/aromatic N) is 1. The summed E-state index contributed by atoms with van der Waals surface area (Å²) >= 11 is 5.95. The number of ether oxygens (including phenoxy) is 1.